The van der Waals surface area contributed by atoms with Crippen LogP contribution < -0.4 is 0 Å². The highest BCUT2D eigenvalue weighted by molar-refractivity contribution is 7.89. The highest BCUT2D eigenvalue weighted by Gasteiger charge is 2.39. The van der Waals surface area contributed by atoms with E-state index < -0.39 is 10.0 Å². The van der Waals surface area contributed by atoms with E-state index in [1.807, 2.05) is 0 Å². The molecule has 6 nitrogen and oxygen atoms in total. The summed E-state index contributed by atoms with van der Waals surface area (Å²) in [7, 11) is -3.88. The van der Waals surface area contributed by atoms with Crippen LogP contribution in [0.1, 0.15) is 21.5 Å². The molecule has 0 atom stereocenters. The fourth-order valence-corrected chi connectivity index (χ4v) is 4.60. The van der Waals surface area contributed by atoms with Gasteiger partial charge in [0.05, 0.1) is 11.4 Å². The third-order valence-electron chi connectivity index (χ3n) is 4.26. The van der Waals surface area contributed by atoms with Gasteiger partial charge in [-0.15, -0.1) is 0 Å². The van der Waals surface area contributed by atoms with Crippen LogP contribution in [0.3, 0.4) is 0 Å². The zero-order valence-corrected chi connectivity index (χ0v) is 15.0. The van der Waals surface area contributed by atoms with Crippen LogP contribution in [0.15, 0.2) is 83.9 Å². The Bertz CT molecular complexity index is 1130. The number of pyridine rings is 2. The van der Waals surface area contributed by atoms with Crippen LogP contribution in [0, 0.1) is 0 Å². The Morgan fingerprint density at radius 1 is 0.926 bits per heavy atom. The Hall–Kier alpha value is -3.32. The van der Waals surface area contributed by atoms with E-state index in [1.54, 1.807) is 67.3 Å². The maximum Gasteiger partial charge on any atom is 0.265 e. The summed E-state index contributed by atoms with van der Waals surface area (Å²) in [5.41, 5.74) is 1.66. The van der Waals surface area contributed by atoms with Crippen molar-refractivity contribution < 1.29 is 13.2 Å². The maximum absolute atomic E-state index is 13.3. The molecule has 27 heavy (non-hydrogen) atoms. The first-order valence-electron chi connectivity index (χ1n) is 8.24. The second kappa shape index (κ2) is 6.77. The molecule has 0 aliphatic carbocycles. The topological polar surface area (TPSA) is 80.2 Å². The van der Waals surface area contributed by atoms with Crippen molar-refractivity contribution in [3.63, 3.8) is 0 Å². The van der Waals surface area contributed by atoms with Gasteiger partial charge in [-0.05, 0) is 47.5 Å². The van der Waals surface area contributed by atoms with Crippen LogP contribution in [0.5, 0.6) is 0 Å². The smallest absolute Gasteiger partial charge is 0.265 e. The van der Waals surface area contributed by atoms with E-state index in [2.05, 4.69) is 9.97 Å². The molecule has 0 spiro atoms. The fraction of sp³-hybridized carbons (Fsp3) is 0.0500. The van der Waals surface area contributed by atoms with Crippen LogP contribution in [0.2, 0.25) is 0 Å². The van der Waals surface area contributed by atoms with Gasteiger partial charge in [0.2, 0.25) is 5.78 Å². The number of Topliss-reactive ketones (excluding diaryl/α,β-unsaturated/α-hetero) is 1. The highest BCUT2D eigenvalue weighted by Crippen LogP contribution is 2.34. The quantitative estimate of drug-likeness (QED) is 0.656. The van der Waals surface area contributed by atoms with Crippen LogP contribution in [-0.2, 0) is 16.6 Å². The van der Waals surface area contributed by atoms with Gasteiger partial charge in [0, 0.05) is 30.4 Å². The summed E-state index contributed by atoms with van der Waals surface area (Å²) in [4.78, 5) is 21.1. The molecular weight excluding hydrogens is 362 g/mol. The Morgan fingerprint density at radius 3 is 2.44 bits per heavy atom. The molecule has 7 heteroatoms. The summed E-state index contributed by atoms with van der Waals surface area (Å²) >= 11 is 0. The van der Waals surface area contributed by atoms with Crippen molar-refractivity contribution in [3.8, 4) is 0 Å². The van der Waals surface area contributed by atoms with Gasteiger partial charge in [-0.2, -0.15) is 0 Å². The molecule has 3 aromatic rings. The largest absolute Gasteiger partial charge is 0.287 e. The van der Waals surface area contributed by atoms with E-state index in [0.717, 1.165) is 4.31 Å². The summed E-state index contributed by atoms with van der Waals surface area (Å²) in [6.45, 7) is 0.0210. The average molecular weight is 377 g/mol. The van der Waals surface area contributed by atoms with Crippen LogP contribution in [0.4, 0.5) is 0 Å². The maximum atomic E-state index is 13.3. The Morgan fingerprint density at radius 2 is 1.70 bits per heavy atom. The first kappa shape index (κ1) is 17.1. The normalized spacial score (nSPS) is 17.0. The van der Waals surface area contributed by atoms with E-state index in [9.17, 15) is 13.2 Å². The van der Waals surface area contributed by atoms with Crippen LogP contribution in [-0.4, -0.2) is 28.5 Å². The molecule has 1 aromatic carbocycles. The summed E-state index contributed by atoms with van der Waals surface area (Å²) in [5, 5.41) is 0. The first-order valence-corrected chi connectivity index (χ1v) is 9.68. The summed E-state index contributed by atoms with van der Waals surface area (Å²) < 4.78 is 27.7. The predicted molar refractivity (Wildman–Crippen MR) is 100.0 cm³/mol. The average Bonchev–Trinajstić information content (AvgIpc) is 2.71. The number of carbonyl (C=O) groups excluding carboxylic acids is 1. The number of hydrogen-bond donors (Lipinski definition) is 0. The van der Waals surface area contributed by atoms with E-state index >= 15 is 0 Å². The van der Waals surface area contributed by atoms with Crippen molar-refractivity contribution in [2.24, 2.45) is 0 Å². The molecule has 3 heterocycles. The zero-order valence-electron chi connectivity index (χ0n) is 14.2. The van der Waals surface area contributed by atoms with Crippen LogP contribution >= 0.6 is 0 Å². The van der Waals surface area contributed by atoms with Gasteiger partial charge in [0.1, 0.15) is 5.70 Å². The van der Waals surface area contributed by atoms with Crippen LogP contribution in [0.25, 0.3) is 6.08 Å². The van der Waals surface area contributed by atoms with Gasteiger partial charge in [-0.1, -0.05) is 18.2 Å². The molecule has 0 saturated carbocycles. The van der Waals surface area contributed by atoms with E-state index in [0.29, 0.717) is 11.1 Å². The number of benzene rings is 1. The van der Waals surface area contributed by atoms with Gasteiger partial charge in [0.25, 0.3) is 10.0 Å². The Balaban J connectivity index is 1.91. The van der Waals surface area contributed by atoms with E-state index in [1.165, 1.54) is 12.1 Å². The molecular formula is C20H15N3O3S. The standard InChI is InChI=1S/C20H15N3O3S/c24-20-17-5-1-2-6-19(17)27(25,26)23(14-16-4-3-9-22-13-16)18(20)12-15-7-10-21-11-8-15/h1-13H,14H2. The third-order valence-corrected chi connectivity index (χ3v) is 6.08. The van der Waals surface area contributed by atoms with E-state index in [4.69, 9.17) is 0 Å². The molecule has 2 aromatic heterocycles. The second-order valence-corrected chi connectivity index (χ2v) is 7.84. The third kappa shape index (κ3) is 3.13. The first-order chi connectivity index (χ1) is 13.1. The zero-order chi connectivity index (χ0) is 18.9. The molecule has 0 amide bonds. The number of sulfonamides is 1. The molecule has 0 radical (unpaired) electrons. The van der Waals surface area contributed by atoms with Crippen molar-refractivity contribution >= 4 is 21.9 Å². The summed E-state index contributed by atoms with van der Waals surface area (Å²) in [5.74, 6) is -0.332. The lowest BCUT2D eigenvalue weighted by atomic mass is 10.1. The van der Waals surface area contributed by atoms with Crippen molar-refractivity contribution in [3.05, 3.63) is 95.7 Å². The number of hydrogen-bond acceptors (Lipinski definition) is 5. The van der Waals surface area contributed by atoms with Crippen molar-refractivity contribution in [2.75, 3.05) is 0 Å². The second-order valence-electron chi connectivity index (χ2n) is 6.01. The molecule has 4 rings (SSSR count). The number of rotatable bonds is 3. The van der Waals surface area contributed by atoms with Crippen molar-refractivity contribution in [1.82, 2.24) is 14.3 Å². The molecule has 0 fully saturated rings. The molecule has 0 unspecified atom stereocenters. The number of carbonyl (C=O) groups is 1. The molecule has 1 aliphatic rings. The van der Waals surface area contributed by atoms with Gasteiger partial charge >= 0.3 is 0 Å². The van der Waals surface area contributed by atoms with Crippen molar-refractivity contribution in [1.29, 1.82) is 0 Å². The lowest BCUT2D eigenvalue weighted by Gasteiger charge is -2.31. The molecule has 0 N–H and O–H groups in total. The van der Waals surface area contributed by atoms with Gasteiger partial charge in [-0.25, -0.2) is 8.42 Å². The lowest BCUT2D eigenvalue weighted by molar-refractivity contribution is 0.100. The lowest BCUT2D eigenvalue weighted by Crippen LogP contribution is -2.38. The van der Waals surface area contributed by atoms with Gasteiger partial charge in [0.15, 0.2) is 0 Å². The minimum absolute atomic E-state index is 0.0192. The summed E-state index contributed by atoms with van der Waals surface area (Å²) in [6.07, 6.45) is 7.96. The number of fused-ring (bicyclic) bond motifs is 1. The Kier molecular flexibility index (Phi) is 4.29. The minimum Gasteiger partial charge on any atom is -0.287 e. The molecule has 0 bridgehead atoms. The monoisotopic (exact) mass is 377 g/mol. The van der Waals surface area contributed by atoms with Crippen molar-refractivity contribution in [2.45, 2.75) is 11.4 Å². The molecule has 1 aliphatic heterocycles. The van der Waals surface area contributed by atoms with E-state index in [-0.39, 0.29) is 28.5 Å². The van der Waals surface area contributed by atoms with Gasteiger partial charge < -0.3 is 0 Å². The molecule has 0 saturated heterocycles. The Labute approximate surface area is 156 Å². The fourth-order valence-electron chi connectivity index (χ4n) is 2.96. The number of aromatic nitrogens is 2. The number of ketones is 1. The van der Waals surface area contributed by atoms with Gasteiger partial charge in [-0.3, -0.25) is 19.1 Å². The predicted octanol–water partition coefficient (Wildman–Crippen LogP) is 2.90. The number of allylic oxidation sites excluding steroid dienone is 1. The SMILES string of the molecule is O=C1C(=Cc2ccncc2)N(Cc2cccnc2)S(=O)(=O)c2ccccc21. The molecule has 134 valence electrons. The summed E-state index contributed by atoms with van der Waals surface area (Å²) in [6, 6.07) is 13.2. The number of nitrogens with zero attached hydrogens (tertiary/aromatic N) is 3. The minimum atomic E-state index is -3.88. The highest BCUT2D eigenvalue weighted by atomic mass is 32.2.